The van der Waals surface area contributed by atoms with Gasteiger partial charge in [0.25, 0.3) is 0 Å². The molecule has 0 radical (unpaired) electrons. The van der Waals surface area contributed by atoms with Gasteiger partial charge in [-0.15, -0.1) is 0 Å². The summed E-state index contributed by atoms with van der Waals surface area (Å²) in [6, 6.07) is 0. The number of rotatable bonds is 3. The zero-order valence-electron chi connectivity index (χ0n) is 5.79. The predicted molar refractivity (Wildman–Crippen MR) is 43.2 cm³/mol. The first kappa shape index (κ1) is 9.16. The van der Waals surface area contributed by atoms with Crippen molar-refractivity contribution in [1.82, 2.24) is 4.72 Å². The Labute approximate surface area is 60.6 Å². The zero-order chi connectivity index (χ0) is 8.20. The van der Waals surface area contributed by atoms with Crippen LogP contribution in [-0.2, 0) is 14.7 Å². The van der Waals surface area contributed by atoms with Crippen LogP contribution in [0.4, 0.5) is 0 Å². The fourth-order valence-corrected chi connectivity index (χ4v) is 0.847. The molecule has 0 bridgehead atoms. The van der Waals surface area contributed by atoms with Gasteiger partial charge in [-0.05, 0) is 5.87 Å². The van der Waals surface area contributed by atoms with Crippen LogP contribution in [0.25, 0.3) is 0 Å². The lowest BCUT2D eigenvalue weighted by molar-refractivity contribution is -0.118. The van der Waals surface area contributed by atoms with Gasteiger partial charge in [0.05, 0.1) is 0 Å². The Hall–Kier alpha value is -0.840. The van der Waals surface area contributed by atoms with Gasteiger partial charge in [0.15, 0.2) is 9.89 Å². The fourth-order valence-electron chi connectivity index (χ4n) is 0.282. The maximum absolute atomic E-state index is 10.9. The lowest BCUT2D eigenvalue weighted by Gasteiger charge is -2.02. The Morgan fingerprint density at radius 1 is 1.80 bits per heavy atom. The van der Waals surface area contributed by atoms with Crippen molar-refractivity contribution in [3.05, 3.63) is 0 Å². The number of carbonyl (C=O) groups is 1. The van der Waals surface area contributed by atoms with Crippen molar-refractivity contribution in [3.63, 3.8) is 0 Å². The molecule has 1 unspecified atom stereocenters. The molecule has 0 rings (SSSR count). The monoisotopic (exact) mass is 162 g/mol. The topological polar surface area (TPSA) is 58.5 Å². The molecule has 0 saturated heterocycles. The highest BCUT2D eigenvalue weighted by molar-refractivity contribution is 7.97. The highest BCUT2D eigenvalue weighted by atomic mass is 32.2. The number of carbonyl (C=O) groups excluding carboxylic acids is 1. The van der Waals surface area contributed by atoms with E-state index >= 15 is 0 Å². The molecule has 0 heterocycles. The van der Waals surface area contributed by atoms with Crippen molar-refractivity contribution in [1.29, 1.82) is 0 Å². The van der Waals surface area contributed by atoms with Crippen LogP contribution >= 0.6 is 0 Å². The maximum atomic E-state index is 10.9. The van der Waals surface area contributed by atoms with Crippen molar-refractivity contribution in [2.75, 3.05) is 0 Å². The van der Waals surface area contributed by atoms with E-state index in [2.05, 4.69) is 21.7 Å². The summed E-state index contributed by atoms with van der Waals surface area (Å²) in [5.41, 5.74) is 0. The second-order valence-electron chi connectivity index (χ2n) is 1.65. The van der Waals surface area contributed by atoms with Crippen molar-refractivity contribution < 1.29 is 9.00 Å². The van der Waals surface area contributed by atoms with Gasteiger partial charge in [-0.2, -0.15) is 4.40 Å². The number of amides is 1. The van der Waals surface area contributed by atoms with Gasteiger partial charge in [0.2, 0.25) is 5.91 Å². The van der Waals surface area contributed by atoms with Crippen LogP contribution in [0.5, 0.6) is 0 Å². The molecule has 0 aliphatic rings. The van der Waals surface area contributed by atoms with Crippen LogP contribution in [0.2, 0.25) is 0 Å². The Morgan fingerprint density at radius 2 is 2.30 bits per heavy atom. The lowest BCUT2D eigenvalue weighted by atomic mass is 10.5. The summed E-state index contributed by atoms with van der Waals surface area (Å²) in [6.45, 7) is 4.66. The number of nitrogens with one attached hydrogen (secondary N) is 1. The van der Waals surface area contributed by atoms with Crippen molar-refractivity contribution >= 4 is 28.4 Å². The first-order valence-electron chi connectivity index (χ1n) is 2.67. The standard InChI is InChI=1S/C5H10N2O2S/c1-4-5(8)7-10(3,9)6-2/h2-4H2,1H3,(H,7,8,9). The van der Waals surface area contributed by atoms with E-state index in [-0.39, 0.29) is 12.3 Å². The quantitative estimate of drug-likeness (QED) is 0.460. The largest absolute Gasteiger partial charge is 0.274 e. The molecule has 1 atom stereocenters. The molecule has 58 valence electrons. The van der Waals surface area contributed by atoms with Gasteiger partial charge in [-0.3, -0.25) is 9.52 Å². The van der Waals surface area contributed by atoms with E-state index in [9.17, 15) is 9.00 Å². The predicted octanol–water partition coefficient (Wildman–Crippen LogP) is -0.240. The van der Waals surface area contributed by atoms with Gasteiger partial charge in [0.1, 0.15) is 0 Å². The molecule has 0 aromatic heterocycles. The summed E-state index contributed by atoms with van der Waals surface area (Å²) in [5, 5.41) is 0. The molecule has 10 heavy (non-hydrogen) atoms. The highest BCUT2D eigenvalue weighted by Crippen LogP contribution is 1.84. The fraction of sp³-hybridized carbons (Fsp3) is 0.400. The number of hydrogen-bond donors (Lipinski definition) is 1. The minimum atomic E-state index is -2.82. The summed E-state index contributed by atoms with van der Waals surface area (Å²) in [6.07, 6.45) is 0.266. The normalized spacial score (nSPS) is 15.3. The molecule has 4 nitrogen and oxygen atoms in total. The minimum Gasteiger partial charge on any atom is -0.274 e. The molecule has 0 fully saturated rings. The van der Waals surface area contributed by atoms with Crippen LogP contribution in [0, 0.1) is 0 Å². The Balaban J connectivity index is 4.17. The number of hydrogen-bond acceptors (Lipinski definition) is 2. The molecule has 0 spiro atoms. The summed E-state index contributed by atoms with van der Waals surface area (Å²) in [4.78, 5) is 10.6. The molecule has 0 aromatic rings. The second kappa shape index (κ2) is 3.36. The summed E-state index contributed by atoms with van der Waals surface area (Å²) in [5.74, 6) is 2.80. The first-order chi connectivity index (χ1) is 4.52. The van der Waals surface area contributed by atoms with E-state index in [0.29, 0.717) is 0 Å². The van der Waals surface area contributed by atoms with Crippen LogP contribution < -0.4 is 4.72 Å². The van der Waals surface area contributed by atoms with Crippen LogP contribution in [-0.4, -0.2) is 22.7 Å². The van der Waals surface area contributed by atoms with E-state index in [1.807, 2.05) is 0 Å². The van der Waals surface area contributed by atoms with Gasteiger partial charge < -0.3 is 0 Å². The van der Waals surface area contributed by atoms with E-state index in [0.717, 1.165) is 0 Å². The van der Waals surface area contributed by atoms with Crippen LogP contribution in [0.1, 0.15) is 13.3 Å². The van der Waals surface area contributed by atoms with Crippen molar-refractivity contribution in [2.45, 2.75) is 13.3 Å². The lowest BCUT2D eigenvalue weighted by Crippen LogP contribution is -2.27. The molecular weight excluding hydrogens is 152 g/mol. The number of nitrogens with zero attached hydrogens (tertiary/aromatic N) is 1. The van der Waals surface area contributed by atoms with Gasteiger partial charge >= 0.3 is 0 Å². The maximum Gasteiger partial charge on any atom is 0.232 e. The molecule has 0 aliphatic carbocycles. The molecule has 0 saturated carbocycles. The molecular formula is C5H10N2O2S. The molecule has 1 N–H and O–H groups in total. The van der Waals surface area contributed by atoms with E-state index < -0.39 is 9.89 Å². The average molecular weight is 162 g/mol. The summed E-state index contributed by atoms with van der Waals surface area (Å²) in [7, 11) is -2.82. The van der Waals surface area contributed by atoms with Gasteiger partial charge in [0, 0.05) is 13.1 Å². The zero-order valence-corrected chi connectivity index (χ0v) is 6.61. The molecule has 0 aromatic carbocycles. The Kier molecular flexibility index (Phi) is 3.08. The molecule has 0 aliphatic heterocycles. The van der Waals surface area contributed by atoms with E-state index in [1.165, 1.54) is 0 Å². The van der Waals surface area contributed by atoms with Crippen LogP contribution in [0.3, 0.4) is 0 Å². The van der Waals surface area contributed by atoms with Crippen molar-refractivity contribution in [3.8, 4) is 0 Å². The van der Waals surface area contributed by atoms with Gasteiger partial charge in [-0.1, -0.05) is 6.92 Å². The van der Waals surface area contributed by atoms with E-state index in [4.69, 9.17) is 0 Å². The summed E-state index contributed by atoms with van der Waals surface area (Å²) >= 11 is 0. The highest BCUT2D eigenvalue weighted by Gasteiger charge is 2.01. The minimum absolute atomic E-state index is 0.266. The summed E-state index contributed by atoms with van der Waals surface area (Å²) < 4.78 is 16.1. The van der Waals surface area contributed by atoms with Gasteiger partial charge in [-0.25, -0.2) is 4.21 Å². The van der Waals surface area contributed by atoms with Crippen LogP contribution in [0.15, 0.2) is 4.40 Å². The first-order valence-corrected chi connectivity index (χ1v) is 4.36. The van der Waals surface area contributed by atoms with E-state index in [1.54, 1.807) is 6.92 Å². The molecule has 5 heteroatoms. The third kappa shape index (κ3) is 3.24. The Bertz CT molecular complexity index is 230. The second-order valence-corrected chi connectivity index (χ2v) is 3.39. The third-order valence-corrected chi connectivity index (χ3v) is 1.77. The smallest absolute Gasteiger partial charge is 0.232 e. The third-order valence-electron chi connectivity index (χ3n) is 0.803. The Morgan fingerprint density at radius 3 is 2.60 bits per heavy atom. The average Bonchev–Trinajstić information content (AvgIpc) is 1.87. The molecule has 1 amide bonds. The van der Waals surface area contributed by atoms with Crippen molar-refractivity contribution in [2.24, 2.45) is 4.40 Å². The SMILES string of the molecule is C=NS(=C)(=O)NC(=O)CC.